The second-order valence-electron chi connectivity index (χ2n) is 4.09. The Bertz CT molecular complexity index is 465. The van der Waals surface area contributed by atoms with Crippen LogP contribution in [-0.4, -0.2) is 4.57 Å². The average molecular weight is 200 g/mol. The standard InChI is InChI=1S/C14H18N/c1-4-8-15-10-12(5-2)13-9-11(3)6-7-14(13)15/h5-7,9-10H,4,8H2,1-3H3. The molecule has 1 heteroatoms. The zero-order valence-electron chi connectivity index (χ0n) is 9.75. The first-order chi connectivity index (χ1) is 7.26. The van der Waals surface area contributed by atoms with Gasteiger partial charge in [0.15, 0.2) is 0 Å². The lowest BCUT2D eigenvalue weighted by molar-refractivity contribution is 0.702. The van der Waals surface area contributed by atoms with Crippen molar-refractivity contribution in [1.29, 1.82) is 0 Å². The normalized spacial score (nSPS) is 11.1. The molecule has 0 saturated heterocycles. The van der Waals surface area contributed by atoms with Crippen LogP contribution < -0.4 is 0 Å². The average Bonchev–Trinajstić information content (AvgIpc) is 2.56. The van der Waals surface area contributed by atoms with Crippen molar-refractivity contribution in [3.63, 3.8) is 0 Å². The fraction of sp³-hybridized carbons (Fsp3) is 0.357. The van der Waals surface area contributed by atoms with Crippen molar-refractivity contribution in [1.82, 2.24) is 4.57 Å². The molecule has 0 unspecified atom stereocenters. The summed E-state index contributed by atoms with van der Waals surface area (Å²) in [5, 5.41) is 1.38. The predicted molar refractivity (Wildman–Crippen MR) is 66.0 cm³/mol. The molecule has 0 amide bonds. The molecule has 0 saturated carbocycles. The highest BCUT2D eigenvalue weighted by Gasteiger charge is 2.06. The molecule has 1 radical (unpaired) electrons. The third kappa shape index (κ3) is 1.79. The summed E-state index contributed by atoms with van der Waals surface area (Å²) in [4.78, 5) is 0. The Labute approximate surface area is 91.7 Å². The van der Waals surface area contributed by atoms with Crippen LogP contribution in [-0.2, 0) is 6.54 Å². The van der Waals surface area contributed by atoms with Gasteiger partial charge in [-0.1, -0.05) is 25.5 Å². The highest BCUT2D eigenvalue weighted by Crippen LogP contribution is 2.24. The molecule has 0 aliphatic carbocycles. The highest BCUT2D eigenvalue weighted by molar-refractivity contribution is 5.85. The van der Waals surface area contributed by atoms with E-state index in [1.165, 1.54) is 28.5 Å². The second kappa shape index (κ2) is 4.09. The third-order valence-electron chi connectivity index (χ3n) is 2.84. The van der Waals surface area contributed by atoms with E-state index in [1.54, 1.807) is 0 Å². The van der Waals surface area contributed by atoms with Crippen LogP contribution in [0.5, 0.6) is 0 Å². The minimum atomic E-state index is 1.10. The SMILES string of the molecule is C[CH]c1cn(CCC)c2ccc(C)cc12. The summed E-state index contributed by atoms with van der Waals surface area (Å²) in [5.74, 6) is 0. The van der Waals surface area contributed by atoms with Gasteiger partial charge < -0.3 is 4.57 Å². The number of aromatic nitrogens is 1. The van der Waals surface area contributed by atoms with Gasteiger partial charge in [-0.05, 0) is 37.5 Å². The van der Waals surface area contributed by atoms with Crippen molar-refractivity contribution in [2.45, 2.75) is 33.7 Å². The predicted octanol–water partition coefficient (Wildman–Crippen LogP) is 3.93. The molecule has 0 bridgehead atoms. The van der Waals surface area contributed by atoms with E-state index < -0.39 is 0 Å². The molecule has 1 aromatic heterocycles. The smallest absolute Gasteiger partial charge is 0.0483 e. The molecule has 15 heavy (non-hydrogen) atoms. The molecular weight excluding hydrogens is 182 g/mol. The molecule has 0 aliphatic rings. The van der Waals surface area contributed by atoms with Gasteiger partial charge in [0.2, 0.25) is 0 Å². The van der Waals surface area contributed by atoms with Crippen LogP contribution in [0.1, 0.15) is 31.4 Å². The quantitative estimate of drug-likeness (QED) is 0.707. The molecule has 2 rings (SSSR count). The zero-order valence-corrected chi connectivity index (χ0v) is 9.75. The van der Waals surface area contributed by atoms with Gasteiger partial charge in [-0.3, -0.25) is 0 Å². The summed E-state index contributed by atoms with van der Waals surface area (Å²) in [6.45, 7) is 7.58. The largest absolute Gasteiger partial charge is 0.347 e. The maximum atomic E-state index is 2.35. The van der Waals surface area contributed by atoms with Crippen LogP contribution >= 0.6 is 0 Å². The van der Waals surface area contributed by atoms with E-state index in [2.05, 4.69) is 56.2 Å². The molecule has 0 fully saturated rings. The van der Waals surface area contributed by atoms with E-state index >= 15 is 0 Å². The number of nitrogens with zero attached hydrogens (tertiary/aromatic N) is 1. The number of hydrogen-bond acceptors (Lipinski definition) is 0. The fourth-order valence-electron chi connectivity index (χ4n) is 2.09. The minimum absolute atomic E-state index is 1.10. The van der Waals surface area contributed by atoms with E-state index in [0.29, 0.717) is 0 Å². The zero-order chi connectivity index (χ0) is 10.8. The first kappa shape index (κ1) is 10.3. The number of hydrogen-bond donors (Lipinski definition) is 0. The minimum Gasteiger partial charge on any atom is -0.347 e. The third-order valence-corrected chi connectivity index (χ3v) is 2.84. The van der Waals surface area contributed by atoms with Gasteiger partial charge in [0.05, 0.1) is 0 Å². The van der Waals surface area contributed by atoms with Crippen molar-refractivity contribution in [2.75, 3.05) is 0 Å². The topological polar surface area (TPSA) is 4.93 Å². The van der Waals surface area contributed by atoms with Crippen molar-refractivity contribution >= 4 is 10.9 Å². The first-order valence-electron chi connectivity index (χ1n) is 5.65. The van der Waals surface area contributed by atoms with E-state index in [4.69, 9.17) is 0 Å². The van der Waals surface area contributed by atoms with Gasteiger partial charge in [-0.2, -0.15) is 0 Å². The highest BCUT2D eigenvalue weighted by atomic mass is 14.9. The van der Waals surface area contributed by atoms with Gasteiger partial charge in [-0.25, -0.2) is 0 Å². The Hall–Kier alpha value is -1.24. The Kier molecular flexibility index (Phi) is 2.81. The molecule has 0 atom stereocenters. The van der Waals surface area contributed by atoms with E-state index in [0.717, 1.165) is 6.54 Å². The first-order valence-corrected chi connectivity index (χ1v) is 5.65. The van der Waals surface area contributed by atoms with Crippen molar-refractivity contribution < 1.29 is 0 Å². The fourth-order valence-corrected chi connectivity index (χ4v) is 2.09. The van der Waals surface area contributed by atoms with Crippen LogP contribution in [0, 0.1) is 13.3 Å². The van der Waals surface area contributed by atoms with Crippen LogP contribution in [0.4, 0.5) is 0 Å². The van der Waals surface area contributed by atoms with E-state index in [-0.39, 0.29) is 0 Å². The van der Waals surface area contributed by atoms with Crippen LogP contribution in [0.3, 0.4) is 0 Å². The summed E-state index contributed by atoms with van der Waals surface area (Å²) in [6, 6.07) is 6.69. The summed E-state index contributed by atoms with van der Waals surface area (Å²) in [5.41, 5.74) is 4.04. The molecule has 2 aromatic rings. The Morgan fingerprint density at radius 3 is 2.80 bits per heavy atom. The van der Waals surface area contributed by atoms with Gasteiger partial charge in [0.1, 0.15) is 0 Å². The lowest BCUT2D eigenvalue weighted by atomic mass is 10.1. The van der Waals surface area contributed by atoms with E-state index in [1.807, 2.05) is 0 Å². The van der Waals surface area contributed by atoms with Gasteiger partial charge in [-0.15, -0.1) is 0 Å². The van der Waals surface area contributed by atoms with Crippen LogP contribution in [0.2, 0.25) is 0 Å². The summed E-state index contributed by atoms with van der Waals surface area (Å²) in [6.07, 6.45) is 5.63. The monoisotopic (exact) mass is 200 g/mol. The van der Waals surface area contributed by atoms with Gasteiger partial charge >= 0.3 is 0 Å². The number of rotatable bonds is 3. The molecular formula is C14H18N. The van der Waals surface area contributed by atoms with Crippen molar-refractivity contribution in [2.24, 2.45) is 0 Å². The molecule has 0 aliphatic heterocycles. The molecule has 1 nitrogen and oxygen atoms in total. The Balaban J connectivity index is 2.64. The van der Waals surface area contributed by atoms with E-state index in [9.17, 15) is 0 Å². The lowest BCUT2D eigenvalue weighted by Crippen LogP contribution is -1.93. The second-order valence-corrected chi connectivity index (χ2v) is 4.09. The Morgan fingerprint density at radius 1 is 1.33 bits per heavy atom. The molecule has 1 heterocycles. The molecule has 0 spiro atoms. The van der Waals surface area contributed by atoms with Crippen molar-refractivity contribution in [3.05, 3.63) is 41.9 Å². The molecule has 79 valence electrons. The van der Waals surface area contributed by atoms with Gasteiger partial charge in [0, 0.05) is 23.6 Å². The van der Waals surface area contributed by atoms with Crippen LogP contribution in [0.15, 0.2) is 24.4 Å². The number of benzene rings is 1. The van der Waals surface area contributed by atoms with Gasteiger partial charge in [0.25, 0.3) is 0 Å². The summed E-state index contributed by atoms with van der Waals surface area (Å²) >= 11 is 0. The van der Waals surface area contributed by atoms with Crippen molar-refractivity contribution in [3.8, 4) is 0 Å². The number of aryl methyl sites for hydroxylation is 2. The molecule has 1 aromatic carbocycles. The number of fused-ring (bicyclic) bond motifs is 1. The Morgan fingerprint density at radius 2 is 2.13 bits per heavy atom. The molecule has 0 N–H and O–H groups in total. The summed E-state index contributed by atoms with van der Waals surface area (Å²) in [7, 11) is 0. The van der Waals surface area contributed by atoms with Crippen LogP contribution in [0.25, 0.3) is 10.9 Å². The lowest BCUT2D eigenvalue weighted by Gasteiger charge is -2.02. The summed E-state index contributed by atoms with van der Waals surface area (Å²) < 4.78 is 2.35. The maximum Gasteiger partial charge on any atom is 0.0483 e. The maximum absolute atomic E-state index is 2.35.